The summed E-state index contributed by atoms with van der Waals surface area (Å²) in [6.07, 6.45) is 2.30. The Kier molecular flexibility index (Phi) is 5.87. The van der Waals surface area contributed by atoms with Crippen LogP contribution in [0.4, 0.5) is 5.69 Å². The second-order valence-corrected chi connectivity index (χ2v) is 6.57. The molecule has 1 aromatic carbocycles. The van der Waals surface area contributed by atoms with E-state index in [1.54, 1.807) is 0 Å². The Balaban J connectivity index is 2.22. The van der Waals surface area contributed by atoms with E-state index < -0.39 is 0 Å². The monoisotopic (exact) mass is 340 g/mol. The second-order valence-electron chi connectivity index (χ2n) is 5.66. The number of rotatable bonds is 6. The molecule has 1 fully saturated rings. The maximum atomic E-state index is 9.67. The SMILES string of the molecule is CCCNCc1ccc(Br)cc1N1CCC(C)C1CO. The third-order valence-electron chi connectivity index (χ3n) is 4.17. The lowest BCUT2D eigenvalue weighted by Crippen LogP contribution is -2.36. The highest BCUT2D eigenvalue weighted by atomic mass is 79.9. The number of hydrogen-bond acceptors (Lipinski definition) is 3. The fraction of sp³-hybridized carbons (Fsp3) is 0.625. The van der Waals surface area contributed by atoms with Crippen molar-refractivity contribution >= 4 is 21.6 Å². The summed E-state index contributed by atoms with van der Waals surface area (Å²) < 4.78 is 1.10. The molecule has 2 atom stereocenters. The van der Waals surface area contributed by atoms with Gasteiger partial charge in [0.05, 0.1) is 12.6 Å². The van der Waals surface area contributed by atoms with Crippen molar-refractivity contribution in [3.05, 3.63) is 28.2 Å². The first kappa shape index (κ1) is 15.8. The molecular weight excluding hydrogens is 316 g/mol. The largest absolute Gasteiger partial charge is 0.394 e. The normalized spacial score (nSPS) is 22.5. The molecule has 112 valence electrons. The quantitative estimate of drug-likeness (QED) is 0.781. The van der Waals surface area contributed by atoms with Crippen molar-refractivity contribution < 1.29 is 5.11 Å². The molecule has 20 heavy (non-hydrogen) atoms. The van der Waals surface area contributed by atoms with Gasteiger partial charge in [-0.25, -0.2) is 0 Å². The number of aliphatic hydroxyl groups is 1. The van der Waals surface area contributed by atoms with Gasteiger partial charge in [-0.3, -0.25) is 0 Å². The van der Waals surface area contributed by atoms with E-state index >= 15 is 0 Å². The summed E-state index contributed by atoms with van der Waals surface area (Å²) in [5.74, 6) is 0.551. The Morgan fingerprint density at radius 2 is 2.25 bits per heavy atom. The minimum absolute atomic E-state index is 0.232. The smallest absolute Gasteiger partial charge is 0.0637 e. The Labute approximate surface area is 130 Å². The molecule has 1 aliphatic heterocycles. The third kappa shape index (κ3) is 3.54. The molecule has 0 bridgehead atoms. The molecule has 0 aliphatic carbocycles. The minimum Gasteiger partial charge on any atom is -0.394 e. The first-order chi connectivity index (χ1) is 9.67. The number of halogens is 1. The van der Waals surface area contributed by atoms with Gasteiger partial charge in [0, 0.05) is 23.2 Å². The molecule has 4 heteroatoms. The van der Waals surface area contributed by atoms with Crippen molar-refractivity contribution in [2.45, 2.75) is 39.3 Å². The van der Waals surface area contributed by atoms with Crippen LogP contribution in [0.5, 0.6) is 0 Å². The summed E-state index contributed by atoms with van der Waals surface area (Å²) in [6, 6.07) is 6.71. The third-order valence-corrected chi connectivity index (χ3v) is 4.66. The molecule has 2 N–H and O–H groups in total. The summed E-state index contributed by atoms with van der Waals surface area (Å²) in [5.41, 5.74) is 2.57. The Morgan fingerprint density at radius 1 is 1.45 bits per heavy atom. The minimum atomic E-state index is 0.232. The highest BCUT2D eigenvalue weighted by Crippen LogP contribution is 2.33. The average molecular weight is 341 g/mol. The number of hydrogen-bond donors (Lipinski definition) is 2. The summed E-state index contributed by atoms with van der Waals surface area (Å²) in [6.45, 7) is 7.60. The van der Waals surface area contributed by atoms with Crippen molar-refractivity contribution in [1.82, 2.24) is 5.32 Å². The number of aliphatic hydroxyl groups excluding tert-OH is 1. The van der Waals surface area contributed by atoms with Gasteiger partial charge < -0.3 is 15.3 Å². The van der Waals surface area contributed by atoms with Crippen molar-refractivity contribution in [1.29, 1.82) is 0 Å². The van der Waals surface area contributed by atoms with Crippen LogP contribution < -0.4 is 10.2 Å². The van der Waals surface area contributed by atoms with Crippen LogP contribution in [0.3, 0.4) is 0 Å². The molecule has 0 amide bonds. The van der Waals surface area contributed by atoms with Crippen LogP contribution in [0.25, 0.3) is 0 Å². The molecule has 0 radical (unpaired) electrons. The van der Waals surface area contributed by atoms with Gasteiger partial charge in [0.15, 0.2) is 0 Å². The first-order valence-corrected chi connectivity index (χ1v) is 8.33. The standard InChI is InChI=1S/C16H25BrN2O/c1-3-7-18-10-13-4-5-14(17)9-15(13)19-8-6-12(2)16(19)11-20/h4-5,9,12,16,18,20H,3,6-8,10-11H2,1-2H3. The maximum Gasteiger partial charge on any atom is 0.0637 e. The molecule has 1 aromatic rings. The van der Waals surface area contributed by atoms with Crippen LogP contribution in [0, 0.1) is 5.92 Å². The van der Waals surface area contributed by atoms with Gasteiger partial charge in [-0.05, 0) is 43.0 Å². The van der Waals surface area contributed by atoms with Crippen LogP contribution in [0.1, 0.15) is 32.3 Å². The van der Waals surface area contributed by atoms with E-state index in [1.165, 1.54) is 11.3 Å². The molecule has 0 spiro atoms. The average Bonchev–Trinajstić information content (AvgIpc) is 2.81. The van der Waals surface area contributed by atoms with Crippen molar-refractivity contribution in [2.24, 2.45) is 5.92 Å². The first-order valence-electron chi connectivity index (χ1n) is 7.54. The van der Waals surface area contributed by atoms with E-state index in [1.807, 2.05) is 0 Å². The van der Waals surface area contributed by atoms with Crippen LogP contribution >= 0.6 is 15.9 Å². The molecule has 0 aromatic heterocycles. The topological polar surface area (TPSA) is 35.5 Å². The number of anilines is 1. The predicted octanol–water partition coefficient (Wildman–Crippen LogP) is 3.16. The van der Waals surface area contributed by atoms with Crippen LogP contribution in [0.15, 0.2) is 22.7 Å². The molecule has 2 rings (SSSR count). The predicted molar refractivity (Wildman–Crippen MR) is 88.1 cm³/mol. The van der Waals surface area contributed by atoms with E-state index in [0.29, 0.717) is 5.92 Å². The van der Waals surface area contributed by atoms with Crippen LogP contribution in [-0.2, 0) is 6.54 Å². The Bertz CT molecular complexity index is 438. The number of benzene rings is 1. The van der Waals surface area contributed by atoms with E-state index in [4.69, 9.17) is 0 Å². The van der Waals surface area contributed by atoms with Gasteiger partial charge in [-0.1, -0.05) is 35.8 Å². The molecule has 1 heterocycles. The van der Waals surface area contributed by atoms with Gasteiger partial charge in [0.25, 0.3) is 0 Å². The molecule has 2 unspecified atom stereocenters. The van der Waals surface area contributed by atoms with Gasteiger partial charge >= 0.3 is 0 Å². The maximum absolute atomic E-state index is 9.67. The van der Waals surface area contributed by atoms with E-state index in [0.717, 1.165) is 36.9 Å². The molecular formula is C16H25BrN2O. The van der Waals surface area contributed by atoms with Gasteiger partial charge in [-0.15, -0.1) is 0 Å². The van der Waals surface area contributed by atoms with Crippen molar-refractivity contribution in [3.8, 4) is 0 Å². The fourth-order valence-corrected chi connectivity index (χ4v) is 3.29. The van der Waals surface area contributed by atoms with Gasteiger partial charge in [0.1, 0.15) is 0 Å². The highest BCUT2D eigenvalue weighted by Gasteiger charge is 2.31. The van der Waals surface area contributed by atoms with Crippen LogP contribution in [0.2, 0.25) is 0 Å². The lowest BCUT2D eigenvalue weighted by atomic mass is 10.0. The van der Waals surface area contributed by atoms with Gasteiger partial charge in [0.2, 0.25) is 0 Å². The van der Waals surface area contributed by atoms with E-state index in [2.05, 4.69) is 58.2 Å². The Hall–Kier alpha value is -0.580. The fourth-order valence-electron chi connectivity index (χ4n) is 2.94. The highest BCUT2D eigenvalue weighted by molar-refractivity contribution is 9.10. The molecule has 1 saturated heterocycles. The lowest BCUT2D eigenvalue weighted by molar-refractivity contribution is 0.244. The van der Waals surface area contributed by atoms with E-state index in [9.17, 15) is 5.11 Å². The van der Waals surface area contributed by atoms with Crippen molar-refractivity contribution in [3.63, 3.8) is 0 Å². The number of nitrogens with one attached hydrogen (secondary N) is 1. The second kappa shape index (κ2) is 7.43. The summed E-state index contributed by atoms with van der Waals surface area (Å²) in [4.78, 5) is 2.37. The summed E-state index contributed by atoms with van der Waals surface area (Å²) >= 11 is 3.57. The summed E-state index contributed by atoms with van der Waals surface area (Å²) in [5, 5.41) is 13.1. The number of nitrogens with zero attached hydrogens (tertiary/aromatic N) is 1. The van der Waals surface area contributed by atoms with Crippen LogP contribution in [-0.4, -0.2) is 30.8 Å². The molecule has 0 saturated carbocycles. The van der Waals surface area contributed by atoms with Gasteiger partial charge in [-0.2, -0.15) is 0 Å². The van der Waals surface area contributed by atoms with E-state index in [-0.39, 0.29) is 12.6 Å². The summed E-state index contributed by atoms with van der Waals surface area (Å²) in [7, 11) is 0. The molecule has 3 nitrogen and oxygen atoms in total. The zero-order chi connectivity index (χ0) is 14.5. The molecule has 1 aliphatic rings. The zero-order valence-electron chi connectivity index (χ0n) is 12.4. The Morgan fingerprint density at radius 3 is 2.95 bits per heavy atom. The van der Waals surface area contributed by atoms with Crippen molar-refractivity contribution in [2.75, 3.05) is 24.6 Å². The lowest BCUT2D eigenvalue weighted by Gasteiger charge is -2.29. The zero-order valence-corrected chi connectivity index (χ0v) is 14.0.